The Kier molecular flexibility index (Phi) is 14.5. The van der Waals surface area contributed by atoms with Gasteiger partial charge in [-0.15, -0.1) is 0 Å². The summed E-state index contributed by atoms with van der Waals surface area (Å²) in [6, 6.07) is 2.15. The van der Waals surface area contributed by atoms with E-state index < -0.39 is 0 Å². The zero-order chi connectivity index (χ0) is 23.9. The van der Waals surface area contributed by atoms with E-state index in [4.69, 9.17) is 4.42 Å². The molecule has 1 aromatic rings. The summed E-state index contributed by atoms with van der Waals surface area (Å²) >= 11 is 0. The van der Waals surface area contributed by atoms with Crippen molar-refractivity contribution in [3.05, 3.63) is 23.7 Å². The normalized spacial score (nSPS) is 29.3. The van der Waals surface area contributed by atoms with E-state index in [0.29, 0.717) is 0 Å². The minimum Gasteiger partial charge on any atom is -0.469 e. The molecule has 1 saturated carbocycles. The van der Waals surface area contributed by atoms with E-state index >= 15 is 0 Å². The Bertz CT molecular complexity index is 541. The van der Waals surface area contributed by atoms with Gasteiger partial charge in [-0.25, -0.2) is 0 Å². The molecule has 0 aliphatic heterocycles. The maximum Gasteiger partial charge on any atom is 0.106 e. The van der Waals surface area contributed by atoms with Gasteiger partial charge in [0.05, 0.1) is 6.26 Å². The summed E-state index contributed by atoms with van der Waals surface area (Å²) in [4.78, 5) is 0. The van der Waals surface area contributed by atoms with Crippen molar-refractivity contribution >= 4 is 0 Å². The molecule has 2 aliphatic carbocycles. The average molecular weight is 459 g/mol. The Labute approximate surface area is 207 Å². The molecule has 0 radical (unpaired) electrons. The monoisotopic (exact) mass is 458 g/mol. The first kappa shape index (κ1) is 28.5. The average Bonchev–Trinajstić information content (AvgIpc) is 3.23. The van der Waals surface area contributed by atoms with Crippen LogP contribution in [0.25, 0.3) is 0 Å². The Morgan fingerprint density at radius 1 is 0.606 bits per heavy atom. The van der Waals surface area contributed by atoms with Crippen LogP contribution in [0.3, 0.4) is 0 Å². The SMILES string of the molecule is CC1CCCC(C)CCC(C(C)C)CCC(C)CCC1.c1cc2c(o1)CCCCCCCC2. The molecule has 0 N–H and O–H groups in total. The predicted molar refractivity (Wildman–Crippen MR) is 146 cm³/mol. The number of aryl methyl sites for hydroxylation is 2. The molecule has 2 atom stereocenters. The van der Waals surface area contributed by atoms with E-state index in [9.17, 15) is 0 Å². The molecule has 0 saturated heterocycles. The molecule has 0 bridgehead atoms. The van der Waals surface area contributed by atoms with Gasteiger partial charge in [-0.1, -0.05) is 112 Å². The van der Waals surface area contributed by atoms with Gasteiger partial charge in [-0.2, -0.15) is 0 Å². The third kappa shape index (κ3) is 12.5. The summed E-state index contributed by atoms with van der Waals surface area (Å²) in [6.45, 7) is 12.3. The van der Waals surface area contributed by atoms with Crippen molar-refractivity contribution in [2.45, 2.75) is 150 Å². The summed E-state index contributed by atoms with van der Waals surface area (Å²) < 4.78 is 5.49. The predicted octanol–water partition coefficient (Wildman–Crippen LogP) is 10.8. The molecule has 192 valence electrons. The molecule has 1 heterocycles. The molecule has 2 aliphatic rings. The fourth-order valence-corrected chi connectivity index (χ4v) is 5.99. The standard InChI is InChI=1S/C20H40.C12H18O/c1-16(2)20-14-12-18(4)10-6-8-17(3)9-7-11-19(5)13-15-20;1-2-4-6-8-12-11(7-5-3-1)9-10-13-12/h16-20H,6-15H2,1-5H3;9-10H,1-8H2. The van der Waals surface area contributed by atoms with E-state index in [-0.39, 0.29) is 0 Å². The van der Waals surface area contributed by atoms with Gasteiger partial charge in [0.15, 0.2) is 0 Å². The van der Waals surface area contributed by atoms with Gasteiger partial charge in [-0.3, -0.25) is 0 Å². The van der Waals surface area contributed by atoms with Crippen molar-refractivity contribution in [1.82, 2.24) is 0 Å². The van der Waals surface area contributed by atoms with Gasteiger partial charge < -0.3 is 4.42 Å². The number of fused-ring (bicyclic) bond motifs is 1. The number of furan rings is 1. The van der Waals surface area contributed by atoms with Crippen LogP contribution in [0.1, 0.15) is 149 Å². The Morgan fingerprint density at radius 2 is 1.09 bits per heavy atom. The lowest BCUT2D eigenvalue weighted by Crippen LogP contribution is -2.13. The highest BCUT2D eigenvalue weighted by atomic mass is 16.3. The Morgan fingerprint density at radius 3 is 1.64 bits per heavy atom. The smallest absolute Gasteiger partial charge is 0.106 e. The molecule has 1 heteroatoms. The maximum absolute atomic E-state index is 5.49. The van der Waals surface area contributed by atoms with Gasteiger partial charge in [0, 0.05) is 6.42 Å². The van der Waals surface area contributed by atoms with Crippen LogP contribution in [-0.2, 0) is 12.8 Å². The van der Waals surface area contributed by atoms with Crippen molar-refractivity contribution < 1.29 is 4.42 Å². The Hall–Kier alpha value is -0.720. The van der Waals surface area contributed by atoms with Crippen LogP contribution >= 0.6 is 0 Å². The molecule has 2 unspecified atom stereocenters. The highest BCUT2D eigenvalue weighted by Gasteiger charge is 2.17. The van der Waals surface area contributed by atoms with Gasteiger partial charge in [0.1, 0.15) is 5.76 Å². The Balaban J connectivity index is 0.000000254. The van der Waals surface area contributed by atoms with E-state index in [0.717, 1.165) is 36.0 Å². The van der Waals surface area contributed by atoms with Crippen molar-refractivity contribution in [3.8, 4) is 0 Å². The summed E-state index contributed by atoms with van der Waals surface area (Å²) in [5, 5.41) is 0. The van der Waals surface area contributed by atoms with Gasteiger partial charge in [0.2, 0.25) is 0 Å². The highest BCUT2D eigenvalue weighted by Crippen LogP contribution is 2.30. The third-order valence-electron chi connectivity index (χ3n) is 8.73. The zero-order valence-corrected chi connectivity index (χ0v) is 23.2. The molecule has 0 amide bonds. The number of hydrogen-bond donors (Lipinski definition) is 0. The molecule has 3 rings (SSSR count). The van der Waals surface area contributed by atoms with Crippen LogP contribution in [0.2, 0.25) is 0 Å². The second kappa shape index (κ2) is 16.8. The van der Waals surface area contributed by atoms with E-state index in [1.54, 1.807) is 0 Å². The first-order valence-corrected chi connectivity index (χ1v) is 15.0. The van der Waals surface area contributed by atoms with E-state index in [1.807, 2.05) is 6.26 Å². The molecule has 0 spiro atoms. The second-order valence-corrected chi connectivity index (χ2v) is 12.3. The number of rotatable bonds is 1. The summed E-state index contributed by atoms with van der Waals surface area (Å²) in [7, 11) is 0. The van der Waals surface area contributed by atoms with Crippen LogP contribution in [0.4, 0.5) is 0 Å². The fraction of sp³-hybridized carbons (Fsp3) is 0.875. The molecule has 33 heavy (non-hydrogen) atoms. The van der Waals surface area contributed by atoms with Crippen molar-refractivity contribution in [2.24, 2.45) is 29.6 Å². The lowest BCUT2D eigenvalue weighted by molar-refractivity contribution is 0.268. The third-order valence-corrected chi connectivity index (χ3v) is 8.73. The zero-order valence-electron chi connectivity index (χ0n) is 23.2. The van der Waals surface area contributed by atoms with Crippen molar-refractivity contribution in [3.63, 3.8) is 0 Å². The van der Waals surface area contributed by atoms with Crippen LogP contribution in [0.15, 0.2) is 16.7 Å². The fourth-order valence-electron chi connectivity index (χ4n) is 5.99. The first-order chi connectivity index (χ1) is 16.0. The summed E-state index contributed by atoms with van der Waals surface area (Å²) in [5.41, 5.74) is 1.46. The first-order valence-electron chi connectivity index (χ1n) is 15.0. The van der Waals surface area contributed by atoms with E-state index in [1.165, 1.54) is 120 Å². The lowest BCUT2D eigenvalue weighted by atomic mass is 9.81. The van der Waals surface area contributed by atoms with Gasteiger partial charge in [-0.05, 0) is 73.3 Å². The van der Waals surface area contributed by atoms with Crippen LogP contribution in [0, 0.1) is 29.6 Å². The second-order valence-electron chi connectivity index (χ2n) is 12.3. The summed E-state index contributed by atoms with van der Waals surface area (Å²) in [6.07, 6.45) is 27.1. The van der Waals surface area contributed by atoms with Crippen LogP contribution in [-0.4, -0.2) is 0 Å². The molecular weight excluding hydrogens is 400 g/mol. The molecule has 1 aromatic heterocycles. The summed E-state index contributed by atoms with van der Waals surface area (Å²) in [5.74, 6) is 5.96. The van der Waals surface area contributed by atoms with Crippen LogP contribution < -0.4 is 0 Å². The molecule has 0 aromatic carbocycles. The van der Waals surface area contributed by atoms with Gasteiger partial charge >= 0.3 is 0 Å². The minimum absolute atomic E-state index is 0.877. The minimum atomic E-state index is 0.877. The van der Waals surface area contributed by atoms with Crippen LogP contribution in [0.5, 0.6) is 0 Å². The molecular formula is C32H58O. The van der Waals surface area contributed by atoms with Crippen molar-refractivity contribution in [2.75, 3.05) is 0 Å². The highest BCUT2D eigenvalue weighted by molar-refractivity contribution is 5.17. The molecule has 1 nitrogen and oxygen atoms in total. The molecule has 1 fully saturated rings. The quantitative estimate of drug-likeness (QED) is 0.408. The number of hydrogen-bond acceptors (Lipinski definition) is 1. The topological polar surface area (TPSA) is 13.1 Å². The van der Waals surface area contributed by atoms with Gasteiger partial charge in [0.25, 0.3) is 0 Å². The van der Waals surface area contributed by atoms with Crippen molar-refractivity contribution in [1.29, 1.82) is 0 Å². The largest absolute Gasteiger partial charge is 0.469 e. The van der Waals surface area contributed by atoms with E-state index in [2.05, 4.69) is 40.7 Å². The maximum atomic E-state index is 5.49. The lowest BCUT2D eigenvalue weighted by Gasteiger charge is -2.25.